The van der Waals surface area contributed by atoms with Crippen LogP contribution in [0.1, 0.15) is 6.92 Å². The highest BCUT2D eigenvalue weighted by Crippen LogP contribution is 2.10. The normalized spacial score (nSPS) is 12.4. The van der Waals surface area contributed by atoms with Gasteiger partial charge in [0, 0.05) is 23.2 Å². The number of benzene rings is 1. The molecule has 1 amide bonds. The standard InChI is InChI=1S/C13H21N3OS/c1-10(9-18-3)16(2)8-13(17)15-12-6-4-11(14)5-7-12/h4-7,10H,8-9,14H2,1-3H3,(H,15,17). The molecule has 0 fully saturated rings. The van der Waals surface area contributed by atoms with E-state index in [1.165, 1.54) is 0 Å². The van der Waals surface area contributed by atoms with E-state index in [2.05, 4.69) is 18.5 Å². The Morgan fingerprint density at radius 3 is 2.61 bits per heavy atom. The lowest BCUT2D eigenvalue weighted by molar-refractivity contribution is -0.117. The summed E-state index contributed by atoms with van der Waals surface area (Å²) in [6.07, 6.45) is 2.07. The van der Waals surface area contributed by atoms with Crippen molar-refractivity contribution in [2.45, 2.75) is 13.0 Å². The van der Waals surface area contributed by atoms with Crippen LogP contribution in [0.2, 0.25) is 0 Å². The van der Waals surface area contributed by atoms with Gasteiger partial charge < -0.3 is 11.1 Å². The quantitative estimate of drug-likeness (QED) is 0.773. The molecular formula is C13H21N3OS. The second-order valence-electron chi connectivity index (χ2n) is 4.39. The molecule has 5 heteroatoms. The lowest BCUT2D eigenvalue weighted by atomic mass is 10.3. The fourth-order valence-electron chi connectivity index (χ4n) is 1.52. The zero-order chi connectivity index (χ0) is 13.5. The van der Waals surface area contributed by atoms with Gasteiger partial charge in [0.2, 0.25) is 5.91 Å². The summed E-state index contributed by atoms with van der Waals surface area (Å²) in [7, 11) is 1.96. The number of hydrogen-bond acceptors (Lipinski definition) is 4. The molecule has 0 saturated heterocycles. The molecule has 1 rings (SSSR count). The Morgan fingerprint density at radius 2 is 2.06 bits per heavy atom. The number of carbonyl (C=O) groups excluding carboxylic acids is 1. The van der Waals surface area contributed by atoms with E-state index in [1.807, 2.05) is 11.9 Å². The molecule has 18 heavy (non-hydrogen) atoms. The summed E-state index contributed by atoms with van der Waals surface area (Å²) in [5, 5.41) is 2.85. The van der Waals surface area contributed by atoms with E-state index in [0.29, 0.717) is 18.3 Å². The summed E-state index contributed by atoms with van der Waals surface area (Å²) >= 11 is 1.78. The molecule has 0 bridgehead atoms. The number of nitrogens with one attached hydrogen (secondary N) is 1. The van der Waals surface area contributed by atoms with Gasteiger partial charge in [-0.05, 0) is 44.5 Å². The molecule has 1 unspecified atom stereocenters. The molecule has 3 N–H and O–H groups in total. The number of nitrogen functional groups attached to an aromatic ring is 1. The van der Waals surface area contributed by atoms with E-state index >= 15 is 0 Å². The number of nitrogens with zero attached hydrogens (tertiary/aromatic N) is 1. The number of nitrogens with two attached hydrogens (primary N) is 1. The maximum absolute atomic E-state index is 11.8. The molecule has 0 aliphatic heterocycles. The van der Waals surface area contributed by atoms with Crippen molar-refractivity contribution in [3.8, 4) is 0 Å². The molecule has 0 saturated carbocycles. The predicted octanol–water partition coefficient (Wildman–Crippen LogP) is 1.89. The fraction of sp³-hybridized carbons (Fsp3) is 0.462. The lowest BCUT2D eigenvalue weighted by Crippen LogP contribution is -2.37. The van der Waals surface area contributed by atoms with E-state index in [0.717, 1.165) is 11.4 Å². The van der Waals surface area contributed by atoms with Gasteiger partial charge in [-0.15, -0.1) is 0 Å². The van der Waals surface area contributed by atoms with Gasteiger partial charge in [0.25, 0.3) is 0 Å². The Labute approximate surface area is 113 Å². The molecule has 1 aromatic carbocycles. The van der Waals surface area contributed by atoms with Gasteiger partial charge >= 0.3 is 0 Å². The highest BCUT2D eigenvalue weighted by atomic mass is 32.2. The molecule has 0 radical (unpaired) electrons. The maximum Gasteiger partial charge on any atom is 0.238 e. The first kappa shape index (κ1) is 14.9. The Kier molecular flexibility index (Phi) is 6.01. The third-order valence-corrected chi connectivity index (χ3v) is 3.56. The van der Waals surface area contributed by atoms with Crippen molar-refractivity contribution >= 4 is 29.0 Å². The number of anilines is 2. The third-order valence-electron chi connectivity index (χ3n) is 2.75. The Bertz CT molecular complexity index is 380. The van der Waals surface area contributed by atoms with Crippen LogP contribution in [0.5, 0.6) is 0 Å². The van der Waals surface area contributed by atoms with Crippen LogP contribution in [0.25, 0.3) is 0 Å². The number of rotatable bonds is 6. The first-order valence-corrected chi connectivity index (χ1v) is 7.27. The topological polar surface area (TPSA) is 58.4 Å². The highest BCUT2D eigenvalue weighted by molar-refractivity contribution is 7.98. The second kappa shape index (κ2) is 7.28. The molecule has 4 nitrogen and oxygen atoms in total. The van der Waals surface area contributed by atoms with Gasteiger partial charge in [0.1, 0.15) is 0 Å². The Morgan fingerprint density at radius 1 is 1.44 bits per heavy atom. The van der Waals surface area contributed by atoms with Crippen molar-refractivity contribution in [1.82, 2.24) is 4.90 Å². The van der Waals surface area contributed by atoms with Crippen molar-refractivity contribution < 1.29 is 4.79 Å². The van der Waals surface area contributed by atoms with Crippen LogP contribution in [0.3, 0.4) is 0 Å². The zero-order valence-corrected chi connectivity index (χ0v) is 12.0. The Hall–Kier alpha value is -1.20. The highest BCUT2D eigenvalue weighted by Gasteiger charge is 2.12. The van der Waals surface area contributed by atoms with Crippen LogP contribution >= 0.6 is 11.8 Å². The summed E-state index contributed by atoms with van der Waals surface area (Å²) in [5.41, 5.74) is 7.06. The molecule has 1 aromatic rings. The van der Waals surface area contributed by atoms with Crippen LogP contribution in [0.15, 0.2) is 24.3 Å². The van der Waals surface area contributed by atoms with Gasteiger partial charge in [-0.1, -0.05) is 0 Å². The first-order chi connectivity index (χ1) is 8.52. The number of thioether (sulfide) groups is 1. The summed E-state index contributed by atoms with van der Waals surface area (Å²) < 4.78 is 0. The molecule has 0 heterocycles. The predicted molar refractivity (Wildman–Crippen MR) is 80.0 cm³/mol. The molecule has 0 aromatic heterocycles. The van der Waals surface area contributed by atoms with Gasteiger partial charge in [0.05, 0.1) is 6.54 Å². The molecule has 1 atom stereocenters. The Balaban J connectivity index is 2.44. The van der Waals surface area contributed by atoms with E-state index < -0.39 is 0 Å². The SMILES string of the molecule is CSCC(C)N(C)CC(=O)Nc1ccc(N)cc1. The number of carbonyl (C=O) groups is 1. The largest absolute Gasteiger partial charge is 0.399 e. The van der Waals surface area contributed by atoms with E-state index in [4.69, 9.17) is 5.73 Å². The molecule has 0 aliphatic rings. The summed E-state index contributed by atoms with van der Waals surface area (Å²) in [6, 6.07) is 7.54. The summed E-state index contributed by atoms with van der Waals surface area (Å²) in [5.74, 6) is 1.02. The van der Waals surface area contributed by atoms with Gasteiger partial charge in [0.15, 0.2) is 0 Å². The van der Waals surface area contributed by atoms with Crippen molar-refractivity contribution in [1.29, 1.82) is 0 Å². The molecular weight excluding hydrogens is 246 g/mol. The van der Waals surface area contributed by atoms with Gasteiger partial charge in [-0.25, -0.2) is 0 Å². The minimum atomic E-state index is -0.00442. The second-order valence-corrected chi connectivity index (χ2v) is 5.30. The van der Waals surface area contributed by atoms with Crippen molar-refractivity contribution in [2.75, 3.05) is 36.7 Å². The average molecular weight is 267 g/mol. The van der Waals surface area contributed by atoms with Crippen molar-refractivity contribution in [2.24, 2.45) is 0 Å². The number of hydrogen-bond donors (Lipinski definition) is 2. The van der Waals surface area contributed by atoms with E-state index in [1.54, 1.807) is 36.0 Å². The van der Waals surface area contributed by atoms with Crippen molar-refractivity contribution in [3.05, 3.63) is 24.3 Å². The summed E-state index contributed by atoms with van der Waals surface area (Å²) in [4.78, 5) is 13.9. The minimum Gasteiger partial charge on any atom is -0.399 e. The average Bonchev–Trinajstić information content (AvgIpc) is 2.32. The summed E-state index contributed by atoms with van der Waals surface area (Å²) in [6.45, 7) is 2.51. The van der Waals surface area contributed by atoms with E-state index in [9.17, 15) is 4.79 Å². The smallest absolute Gasteiger partial charge is 0.238 e. The number of likely N-dealkylation sites (N-methyl/N-ethyl adjacent to an activating group) is 1. The monoisotopic (exact) mass is 267 g/mol. The molecule has 0 aliphatic carbocycles. The molecule has 0 spiro atoms. The maximum atomic E-state index is 11.8. The zero-order valence-electron chi connectivity index (χ0n) is 11.1. The van der Waals surface area contributed by atoms with Crippen LogP contribution < -0.4 is 11.1 Å². The van der Waals surface area contributed by atoms with Crippen LogP contribution in [0, 0.1) is 0 Å². The first-order valence-electron chi connectivity index (χ1n) is 5.87. The number of amides is 1. The third kappa shape index (κ3) is 4.98. The van der Waals surface area contributed by atoms with E-state index in [-0.39, 0.29) is 5.91 Å². The van der Waals surface area contributed by atoms with Gasteiger partial charge in [-0.3, -0.25) is 9.69 Å². The van der Waals surface area contributed by atoms with Crippen LogP contribution in [-0.2, 0) is 4.79 Å². The molecule has 100 valence electrons. The fourth-order valence-corrected chi connectivity index (χ4v) is 2.25. The van der Waals surface area contributed by atoms with Gasteiger partial charge in [-0.2, -0.15) is 11.8 Å². The van der Waals surface area contributed by atoms with Crippen LogP contribution in [0.4, 0.5) is 11.4 Å². The lowest BCUT2D eigenvalue weighted by Gasteiger charge is -2.23. The minimum absolute atomic E-state index is 0.00442. The van der Waals surface area contributed by atoms with Crippen LogP contribution in [-0.4, -0.2) is 42.4 Å². The van der Waals surface area contributed by atoms with Crippen molar-refractivity contribution in [3.63, 3.8) is 0 Å².